The summed E-state index contributed by atoms with van der Waals surface area (Å²) in [5.74, 6) is 0.804. The smallest absolute Gasteiger partial charge is 0.0281 e. The van der Waals surface area contributed by atoms with Gasteiger partial charge in [0.15, 0.2) is 0 Å². The van der Waals surface area contributed by atoms with E-state index in [1.54, 1.807) is 0 Å². The van der Waals surface area contributed by atoms with E-state index in [-0.39, 0.29) is 0 Å². The normalized spacial score (nSPS) is 49.2. The molecule has 0 aromatic carbocycles. The highest BCUT2D eigenvalue weighted by Gasteiger charge is 2.30. The molecule has 4 atom stereocenters. The van der Waals surface area contributed by atoms with Crippen molar-refractivity contribution in [3.05, 3.63) is 0 Å². The van der Waals surface area contributed by atoms with Crippen LogP contribution in [0.5, 0.6) is 0 Å². The Hall–Kier alpha value is 1.44. The molecule has 0 bridgehead atoms. The van der Waals surface area contributed by atoms with E-state index < -0.39 is 0 Å². The molecule has 10 heavy (non-hydrogen) atoms. The highest BCUT2D eigenvalue weighted by molar-refractivity contribution is 9.12. The maximum absolute atomic E-state index is 3.67. The van der Waals surface area contributed by atoms with Gasteiger partial charge in [-0.05, 0) is 18.8 Å². The van der Waals surface area contributed by atoms with E-state index in [1.807, 2.05) is 0 Å². The van der Waals surface area contributed by atoms with Gasteiger partial charge in [0.05, 0.1) is 0 Å². The van der Waals surface area contributed by atoms with Crippen LogP contribution in [0.1, 0.15) is 19.8 Å². The molecule has 0 saturated heterocycles. The number of rotatable bonds is 0. The summed E-state index contributed by atoms with van der Waals surface area (Å²) in [5.41, 5.74) is 0. The van der Waals surface area contributed by atoms with Crippen molar-refractivity contribution in [3.8, 4) is 0 Å². The molecule has 0 N–H and O–H groups in total. The molecule has 0 spiro atoms. The minimum absolute atomic E-state index is 0.646. The molecule has 1 aliphatic rings. The maximum Gasteiger partial charge on any atom is 0.0281 e. The minimum Gasteiger partial charge on any atom is -0.0887 e. The second-order valence-electron chi connectivity index (χ2n) is 3.00. The Morgan fingerprint density at radius 1 is 0.900 bits per heavy atom. The Morgan fingerprint density at radius 2 is 1.40 bits per heavy atom. The van der Waals surface area contributed by atoms with Crippen LogP contribution in [0.3, 0.4) is 0 Å². The van der Waals surface area contributed by atoms with Gasteiger partial charge in [0, 0.05) is 14.5 Å². The van der Waals surface area contributed by atoms with Crippen LogP contribution >= 0.6 is 47.8 Å². The van der Waals surface area contributed by atoms with Crippen molar-refractivity contribution >= 4 is 47.8 Å². The molecule has 0 heterocycles. The summed E-state index contributed by atoms with van der Waals surface area (Å²) in [6, 6.07) is 0. The zero-order valence-corrected chi connectivity index (χ0v) is 10.6. The molecule has 1 rings (SSSR count). The Kier molecular flexibility index (Phi) is 3.72. The van der Waals surface area contributed by atoms with Gasteiger partial charge in [0.25, 0.3) is 0 Å². The summed E-state index contributed by atoms with van der Waals surface area (Å²) < 4.78 is 0. The van der Waals surface area contributed by atoms with Gasteiger partial charge in [-0.25, -0.2) is 0 Å². The average Bonchev–Trinajstić information content (AvgIpc) is 1.84. The van der Waals surface area contributed by atoms with E-state index in [0.717, 1.165) is 5.92 Å². The van der Waals surface area contributed by atoms with Crippen LogP contribution < -0.4 is 0 Å². The standard InChI is InChI=1S/C7H11Br3/c1-4-2-6(9)7(10)3-5(4)8/h4-7H,2-3H2,1H3. The number of halogens is 3. The fourth-order valence-electron chi connectivity index (χ4n) is 1.25. The third-order valence-corrected chi connectivity index (χ3v) is 6.07. The Bertz CT molecular complexity index is 89.4. The summed E-state index contributed by atoms with van der Waals surface area (Å²) in [5, 5.41) is 0. The molecule has 1 fully saturated rings. The number of hydrogen-bond donors (Lipinski definition) is 0. The molecular formula is C7H11Br3. The topological polar surface area (TPSA) is 0 Å². The third kappa shape index (κ3) is 2.21. The van der Waals surface area contributed by atoms with Crippen LogP contribution in [0.4, 0.5) is 0 Å². The van der Waals surface area contributed by atoms with Crippen molar-refractivity contribution in [1.82, 2.24) is 0 Å². The zero-order valence-electron chi connectivity index (χ0n) is 5.86. The Morgan fingerprint density at radius 3 is 1.90 bits per heavy atom. The first-order chi connectivity index (χ1) is 4.61. The molecule has 3 heteroatoms. The largest absolute Gasteiger partial charge is 0.0887 e. The van der Waals surface area contributed by atoms with Crippen LogP contribution in [0.15, 0.2) is 0 Å². The van der Waals surface area contributed by atoms with Crippen molar-refractivity contribution in [2.24, 2.45) is 5.92 Å². The second kappa shape index (κ2) is 3.90. The Labute approximate surface area is 87.5 Å². The molecular weight excluding hydrogens is 324 g/mol. The van der Waals surface area contributed by atoms with Crippen LogP contribution in [0.25, 0.3) is 0 Å². The lowest BCUT2D eigenvalue weighted by Gasteiger charge is -2.31. The monoisotopic (exact) mass is 332 g/mol. The van der Waals surface area contributed by atoms with Gasteiger partial charge < -0.3 is 0 Å². The lowest BCUT2D eigenvalue weighted by atomic mass is 9.91. The molecule has 4 unspecified atom stereocenters. The van der Waals surface area contributed by atoms with Crippen molar-refractivity contribution in [2.75, 3.05) is 0 Å². The predicted octanol–water partition coefficient (Wildman–Crippen LogP) is 3.71. The fourth-order valence-corrected chi connectivity index (χ4v) is 3.79. The minimum atomic E-state index is 0.646. The zero-order chi connectivity index (χ0) is 7.72. The van der Waals surface area contributed by atoms with E-state index in [0.29, 0.717) is 14.5 Å². The Balaban J connectivity index is 2.46. The van der Waals surface area contributed by atoms with Crippen LogP contribution in [0.2, 0.25) is 0 Å². The van der Waals surface area contributed by atoms with Crippen molar-refractivity contribution in [1.29, 1.82) is 0 Å². The van der Waals surface area contributed by atoms with E-state index in [2.05, 4.69) is 54.7 Å². The van der Waals surface area contributed by atoms with E-state index in [4.69, 9.17) is 0 Å². The molecule has 0 aromatic heterocycles. The van der Waals surface area contributed by atoms with Crippen molar-refractivity contribution in [2.45, 2.75) is 34.2 Å². The molecule has 0 aliphatic heterocycles. The second-order valence-corrected chi connectivity index (χ2v) is 6.53. The molecule has 1 saturated carbocycles. The first kappa shape index (κ1) is 9.53. The molecule has 0 nitrogen and oxygen atoms in total. The molecule has 1 aliphatic carbocycles. The maximum atomic E-state index is 3.67. The van der Waals surface area contributed by atoms with Crippen molar-refractivity contribution in [3.63, 3.8) is 0 Å². The molecule has 0 aromatic rings. The fraction of sp³-hybridized carbons (Fsp3) is 1.00. The van der Waals surface area contributed by atoms with Gasteiger partial charge in [-0.2, -0.15) is 0 Å². The highest BCUT2D eigenvalue weighted by Crippen LogP contribution is 2.36. The van der Waals surface area contributed by atoms with Gasteiger partial charge in [0.1, 0.15) is 0 Å². The first-order valence-corrected chi connectivity index (χ1v) is 6.28. The quantitative estimate of drug-likeness (QED) is 0.592. The lowest BCUT2D eigenvalue weighted by molar-refractivity contribution is 0.427. The van der Waals surface area contributed by atoms with Gasteiger partial charge >= 0.3 is 0 Å². The first-order valence-electron chi connectivity index (χ1n) is 3.53. The van der Waals surface area contributed by atoms with Crippen LogP contribution in [0, 0.1) is 5.92 Å². The predicted molar refractivity (Wildman–Crippen MR) is 56.5 cm³/mol. The molecule has 60 valence electrons. The van der Waals surface area contributed by atoms with Crippen LogP contribution in [-0.2, 0) is 0 Å². The number of hydrogen-bond acceptors (Lipinski definition) is 0. The number of alkyl halides is 3. The van der Waals surface area contributed by atoms with Crippen molar-refractivity contribution < 1.29 is 0 Å². The van der Waals surface area contributed by atoms with E-state index in [9.17, 15) is 0 Å². The van der Waals surface area contributed by atoms with Gasteiger partial charge in [-0.3, -0.25) is 0 Å². The summed E-state index contributed by atoms with van der Waals surface area (Å²) >= 11 is 11.0. The summed E-state index contributed by atoms with van der Waals surface area (Å²) in [4.78, 5) is 2.01. The molecule has 0 radical (unpaired) electrons. The lowest BCUT2D eigenvalue weighted by Crippen LogP contribution is -2.31. The van der Waals surface area contributed by atoms with E-state index >= 15 is 0 Å². The molecule has 0 amide bonds. The summed E-state index contributed by atoms with van der Waals surface area (Å²) in [6.45, 7) is 2.30. The van der Waals surface area contributed by atoms with Gasteiger partial charge in [-0.1, -0.05) is 54.7 Å². The highest BCUT2D eigenvalue weighted by atomic mass is 79.9. The SMILES string of the molecule is CC1CC(Br)C(Br)CC1Br. The van der Waals surface area contributed by atoms with Crippen LogP contribution in [-0.4, -0.2) is 14.5 Å². The van der Waals surface area contributed by atoms with Gasteiger partial charge in [-0.15, -0.1) is 0 Å². The van der Waals surface area contributed by atoms with E-state index in [1.165, 1.54) is 12.8 Å². The average molecular weight is 335 g/mol. The third-order valence-electron chi connectivity index (χ3n) is 2.06. The van der Waals surface area contributed by atoms with Gasteiger partial charge in [0.2, 0.25) is 0 Å². The summed E-state index contributed by atoms with van der Waals surface area (Å²) in [7, 11) is 0. The summed E-state index contributed by atoms with van der Waals surface area (Å²) in [6.07, 6.45) is 2.50.